The SMILES string of the molecule is COc1cccc2c(OCc3ccccc3)c(/C=C(\CC(=O)O)C(=O)O)ccc12. The second-order valence-electron chi connectivity index (χ2n) is 6.36. The van der Waals surface area contributed by atoms with E-state index >= 15 is 0 Å². The van der Waals surface area contributed by atoms with E-state index < -0.39 is 18.4 Å². The number of ether oxygens (including phenoxy) is 2. The molecule has 0 atom stereocenters. The van der Waals surface area contributed by atoms with Crippen molar-refractivity contribution in [3.8, 4) is 11.5 Å². The molecule has 3 aromatic rings. The van der Waals surface area contributed by atoms with Gasteiger partial charge in [0.15, 0.2) is 0 Å². The number of hydrogen-bond donors (Lipinski definition) is 2. The van der Waals surface area contributed by atoms with Gasteiger partial charge in [0.1, 0.15) is 18.1 Å². The van der Waals surface area contributed by atoms with Crippen LogP contribution in [0.15, 0.2) is 66.2 Å². The molecule has 0 bridgehead atoms. The standard InChI is InChI=1S/C23H20O6/c1-28-20-9-5-8-19-18(20)11-10-16(12-17(23(26)27)13-21(24)25)22(19)29-14-15-6-3-2-4-7-15/h2-12H,13-14H2,1H3,(H,24,25)(H,26,27)/b17-12+. The van der Waals surface area contributed by atoms with Gasteiger partial charge < -0.3 is 19.7 Å². The molecule has 0 spiro atoms. The Balaban J connectivity index is 2.12. The second kappa shape index (κ2) is 8.93. The Labute approximate surface area is 167 Å². The van der Waals surface area contributed by atoms with Gasteiger partial charge in [-0.1, -0.05) is 48.5 Å². The molecule has 0 aromatic heterocycles. The van der Waals surface area contributed by atoms with Crippen molar-refractivity contribution in [3.63, 3.8) is 0 Å². The van der Waals surface area contributed by atoms with Gasteiger partial charge in [0, 0.05) is 21.9 Å². The summed E-state index contributed by atoms with van der Waals surface area (Å²) in [7, 11) is 1.57. The van der Waals surface area contributed by atoms with Gasteiger partial charge in [-0.05, 0) is 23.8 Å². The van der Waals surface area contributed by atoms with Crippen LogP contribution in [0, 0.1) is 0 Å². The summed E-state index contributed by atoms with van der Waals surface area (Å²) in [4.78, 5) is 22.5. The van der Waals surface area contributed by atoms with Crippen LogP contribution in [0.4, 0.5) is 0 Å². The Hall–Kier alpha value is -3.80. The Morgan fingerprint density at radius 3 is 2.34 bits per heavy atom. The molecule has 0 aliphatic rings. The molecule has 29 heavy (non-hydrogen) atoms. The largest absolute Gasteiger partial charge is 0.496 e. The molecule has 3 rings (SSSR count). The first-order chi connectivity index (χ1) is 14.0. The van der Waals surface area contributed by atoms with E-state index in [1.807, 2.05) is 48.5 Å². The van der Waals surface area contributed by atoms with E-state index in [9.17, 15) is 14.7 Å². The smallest absolute Gasteiger partial charge is 0.332 e. The number of carboxylic acids is 2. The van der Waals surface area contributed by atoms with Gasteiger partial charge in [-0.15, -0.1) is 0 Å². The highest BCUT2D eigenvalue weighted by Crippen LogP contribution is 2.36. The third-order valence-electron chi connectivity index (χ3n) is 4.39. The second-order valence-corrected chi connectivity index (χ2v) is 6.36. The van der Waals surface area contributed by atoms with Crippen molar-refractivity contribution in [2.75, 3.05) is 7.11 Å². The number of hydrogen-bond acceptors (Lipinski definition) is 4. The van der Waals surface area contributed by atoms with Crippen LogP contribution in [0.2, 0.25) is 0 Å². The molecular weight excluding hydrogens is 372 g/mol. The van der Waals surface area contributed by atoms with Crippen molar-refractivity contribution >= 4 is 28.8 Å². The van der Waals surface area contributed by atoms with Crippen molar-refractivity contribution in [2.45, 2.75) is 13.0 Å². The maximum atomic E-state index is 11.5. The van der Waals surface area contributed by atoms with Crippen molar-refractivity contribution in [2.24, 2.45) is 0 Å². The topological polar surface area (TPSA) is 93.1 Å². The Kier molecular flexibility index (Phi) is 6.14. The monoisotopic (exact) mass is 392 g/mol. The van der Waals surface area contributed by atoms with Crippen LogP contribution >= 0.6 is 0 Å². The summed E-state index contributed by atoms with van der Waals surface area (Å²) in [6, 6.07) is 18.6. The third kappa shape index (κ3) is 4.73. The molecule has 2 N–H and O–H groups in total. The molecule has 0 aliphatic heterocycles. The fourth-order valence-electron chi connectivity index (χ4n) is 3.04. The zero-order valence-electron chi connectivity index (χ0n) is 15.8. The first-order valence-corrected chi connectivity index (χ1v) is 8.91. The zero-order chi connectivity index (χ0) is 20.8. The quantitative estimate of drug-likeness (QED) is 0.553. The fourth-order valence-corrected chi connectivity index (χ4v) is 3.04. The molecule has 0 radical (unpaired) electrons. The Morgan fingerprint density at radius 1 is 0.931 bits per heavy atom. The number of aliphatic carboxylic acids is 2. The minimum absolute atomic E-state index is 0.232. The first kappa shape index (κ1) is 19.9. The molecule has 0 saturated carbocycles. The van der Waals surface area contributed by atoms with Gasteiger partial charge >= 0.3 is 11.9 Å². The van der Waals surface area contributed by atoms with Crippen molar-refractivity contribution in [3.05, 3.63) is 77.4 Å². The van der Waals surface area contributed by atoms with E-state index in [0.29, 0.717) is 17.1 Å². The summed E-state index contributed by atoms with van der Waals surface area (Å²) < 4.78 is 11.5. The summed E-state index contributed by atoms with van der Waals surface area (Å²) in [5.41, 5.74) is 1.20. The van der Waals surface area contributed by atoms with Gasteiger partial charge in [-0.3, -0.25) is 4.79 Å². The van der Waals surface area contributed by atoms with Crippen LogP contribution in [0.5, 0.6) is 11.5 Å². The average molecular weight is 392 g/mol. The van der Waals surface area contributed by atoms with Crippen molar-refractivity contribution in [1.29, 1.82) is 0 Å². The van der Waals surface area contributed by atoms with Gasteiger partial charge in [-0.2, -0.15) is 0 Å². The highest BCUT2D eigenvalue weighted by Gasteiger charge is 2.16. The van der Waals surface area contributed by atoms with E-state index in [1.165, 1.54) is 6.08 Å². The molecule has 0 unspecified atom stereocenters. The van der Waals surface area contributed by atoms with Crippen LogP contribution in [0.25, 0.3) is 16.8 Å². The average Bonchev–Trinajstić information content (AvgIpc) is 2.72. The third-order valence-corrected chi connectivity index (χ3v) is 4.39. The maximum absolute atomic E-state index is 11.5. The fraction of sp³-hybridized carbons (Fsp3) is 0.130. The summed E-state index contributed by atoms with van der Waals surface area (Å²) in [5.74, 6) is -1.37. The maximum Gasteiger partial charge on any atom is 0.332 e. The van der Waals surface area contributed by atoms with E-state index in [2.05, 4.69) is 0 Å². The summed E-state index contributed by atoms with van der Waals surface area (Å²) in [6.07, 6.45) is 0.749. The summed E-state index contributed by atoms with van der Waals surface area (Å²) >= 11 is 0. The predicted molar refractivity (Wildman–Crippen MR) is 109 cm³/mol. The first-order valence-electron chi connectivity index (χ1n) is 8.91. The molecule has 6 heteroatoms. The number of carboxylic acid groups (broad SMARTS) is 2. The minimum atomic E-state index is -1.29. The molecule has 6 nitrogen and oxygen atoms in total. The molecule has 0 fully saturated rings. The van der Waals surface area contributed by atoms with E-state index in [1.54, 1.807) is 19.2 Å². The van der Waals surface area contributed by atoms with Crippen LogP contribution in [-0.4, -0.2) is 29.3 Å². The number of fused-ring (bicyclic) bond motifs is 1. The number of carbonyl (C=O) groups is 2. The van der Waals surface area contributed by atoms with Crippen molar-refractivity contribution < 1.29 is 29.3 Å². The summed E-state index contributed by atoms with van der Waals surface area (Å²) in [6.45, 7) is 0.277. The molecule has 0 saturated heterocycles. The lowest BCUT2D eigenvalue weighted by molar-refractivity contribution is -0.139. The van der Waals surface area contributed by atoms with Crippen molar-refractivity contribution in [1.82, 2.24) is 0 Å². The van der Waals surface area contributed by atoms with E-state index in [0.717, 1.165) is 16.3 Å². The van der Waals surface area contributed by atoms with Crippen LogP contribution in [0.3, 0.4) is 0 Å². The Bertz CT molecular complexity index is 1070. The molecule has 0 amide bonds. The molecule has 0 aliphatic carbocycles. The summed E-state index contributed by atoms with van der Waals surface area (Å²) in [5, 5.41) is 20.0. The lowest BCUT2D eigenvalue weighted by Crippen LogP contribution is -2.07. The predicted octanol–water partition coefficient (Wildman–Crippen LogP) is 4.37. The van der Waals surface area contributed by atoms with Gasteiger partial charge in [-0.25, -0.2) is 4.79 Å². The minimum Gasteiger partial charge on any atom is -0.496 e. The lowest BCUT2D eigenvalue weighted by Gasteiger charge is -2.15. The highest BCUT2D eigenvalue weighted by atomic mass is 16.5. The van der Waals surface area contributed by atoms with Gasteiger partial charge in [0.25, 0.3) is 0 Å². The lowest BCUT2D eigenvalue weighted by atomic mass is 10.0. The Morgan fingerprint density at radius 2 is 1.69 bits per heavy atom. The molecule has 3 aromatic carbocycles. The normalized spacial score (nSPS) is 11.3. The van der Waals surface area contributed by atoms with E-state index in [-0.39, 0.29) is 12.2 Å². The molecule has 148 valence electrons. The number of rotatable bonds is 8. The van der Waals surface area contributed by atoms with Crippen LogP contribution in [-0.2, 0) is 16.2 Å². The number of benzene rings is 3. The van der Waals surface area contributed by atoms with E-state index in [4.69, 9.17) is 14.6 Å². The molecular formula is C23H20O6. The number of methoxy groups -OCH3 is 1. The highest BCUT2D eigenvalue weighted by molar-refractivity contribution is 6.00. The zero-order valence-corrected chi connectivity index (χ0v) is 15.8. The van der Waals surface area contributed by atoms with Gasteiger partial charge in [0.05, 0.1) is 13.5 Å². The van der Waals surface area contributed by atoms with Gasteiger partial charge in [0.2, 0.25) is 0 Å². The van der Waals surface area contributed by atoms with Crippen LogP contribution in [0.1, 0.15) is 17.5 Å². The molecule has 0 heterocycles. The van der Waals surface area contributed by atoms with Crippen LogP contribution < -0.4 is 9.47 Å².